The van der Waals surface area contributed by atoms with Crippen LogP contribution in [0.2, 0.25) is 0 Å². The van der Waals surface area contributed by atoms with E-state index in [2.05, 4.69) is 17.3 Å². The zero-order valence-corrected chi connectivity index (χ0v) is 13.1. The molecule has 1 aromatic carbocycles. The van der Waals surface area contributed by atoms with Gasteiger partial charge in [-0.3, -0.25) is 4.79 Å². The molecule has 5 nitrogen and oxygen atoms in total. The number of likely N-dealkylation sites (N-methyl/N-ethyl adjacent to an activating group) is 1. The van der Waals surface area contributed by atoms with Gasteiger partial charge in [0.2, 0.25) is 5.91 Å². The molecule has 0 spiro atoms. The molecule has 1 N–H and O–H groups in total. The van der Waals surface area contributed by atoms with Crippen molar-refractivity contribution in [3.05, 3.63) is 47.3 Å². The second-order valence-corrected chi connectivity index (χ2v) is 5.29. The summed E-state index contributed by atoms with van der Waals surface area (Å²) in [7, 11) is 3.52. The summed E-state index contributed by atoms with van der Waals surface area (Å²) >= 11 is 0. The van der Waals surface area contributed by atoms with Crippen LogP contribution in [0, 0.1) is 13.8 Å². The van der Waals surface area contributed by atoms with Crippen molar-refractivity contribution in [2.24, 2.45) is 0 Å². The summed E-state index contributed by atoms with van der Waals surface area (Å²) in [6.45, 7) is 5.03. The second-order valence-electron chi connectivity index (χ2n) is 5.29. The van der Waals surface area contributed by atoms with Gasteiger partial charge in [0.1, 0.15) is 0 Å². The van der Waals surface area contributed by atoms with Crippen LogP contribution in [0.25, 0.3) is 5.69 Å². The largest absolute Gasteiger partial charge is 0.348 e. The summed E-state index contributed by atoms with van der Waals surface area (Å²) in [5.41, 5.74) is 4.28. The van der Waals surface area contributed by atoms with Gasteiger partial charge in [-0.15, -0.1) is 0 Å². The molecule has 2 aromatic rings. The number of benzene rings is 1. The minimum absolute atomic E-state index is 0.0701. The molecule has 0 aliphatic carbocycles. The van der Waals surface area contributed by atoms with E-state index < -0.39 is 0 Å². The predicted octanol–water partition coefficient (Wildman–Crippen LogP) is 1.67. The van der Waals surface area contributed by atoms with Crippen LogP contribution >= 0.6 is 0 Å². The van der Waals surface area contributed by atoms with Crippen molar-refractivity contribution < 1.29 is 4.79 Å². The molecule has 0 radical (unpaired) electrons. The van der Waals surface area contributed by atoms with E-state index in [1.165, 1.54) is 0 Å². The maximum atomic E-state index is 11.6. The maximum Gasteiger partial charge on any atom is 0.236 e. The monoisotopic (exact) mass is 286 g/mol. The van der Waals surface area contributed by atoms with Gasteiger partial charge in [-0.1, -0.05) is 18.2 Å². The number of hydrogen-bond donors (Lipinski definition) is 1. The molecule has 0 saturated heterocycles. The van der Waals surface area contributed by atoms with E-state index in [4.69, 9.17) is 0 Å². The first kappa shape index (κ1) is 15.3. The fourth-order valence-electron chi connectivity index (χ4n) is 2.20. The zero-order valence-electron chi connectivity index (χ0n) is 13.1. The fourth-order valence-corrected chi connectivity index (χ4v) is 2.20. The SMILES string of the molecule is Cc1nn(-c2ccccc2)c(C)c1CNCC(=O)N(C)C. The van der Waals surface area contributed by atoms with E-state index >= 15 is 0 Å². The van der Waals surface area contributed by atoms with Crippen molar-refractivity contribution >= 4 is 5.91 Å². The van der Waals surface area contributed by atoms with Crippen LogP contribution in [0.15, 0.2) is 30.3 Å². The van der Waals surface area contributed by atoms with Gasteiger partial charge in [0.25, 0.3) is 0 Å². The van der Waals surface area contributed by atoms with Gasteiger partial charge >= 0.3 is 0 Å². The average molecular weight is 286 g/mol. The van der Waals surface area contributed by atoms with Crippen molar-refractivity contribution in [2.75, 3.05) is 20.6 Å². The van der Waals surface area contributed by atoms with Gasteiger partial charge in [-0.25, -0.2) is 4.68 Å². The maximum absolute atomic E-state index is 11.6. The van der Waals surface area contributed by atoms with E-state index in [1.807, 2.05) is 41.9 Å². The van der Waals surface area contributed by atoms with Crippen LogP contribution in [0.1, 0.15) is 17.0 Å². The Balaban J connectivity index is 2.11. The van der Waals surface area contributed by atoms with Crippen LogP contribution in [0.4, 0.5) is 0 Å². The standard InChI is InChI=1S/C16H22N4O/c1-12-15(10-17-11-16(21)19(3)4)13(2)20(18-12)14-8-6-5-7-9-14/h5-9,17H,10-11H2,1-4H3. The molecule has 1 aromatic heterocycles. The third kappa shape index (κ3) is 3.49. The minimum atomic E-state index is 0.0701. The van der Waals surface area contributed by atoms with Crippen molar-refractivity contribution in [3.63, 3.8) is 0 Å². The lowest BCUT2D eigenvalue weighted by Crippen LogP contribution is -2.32. The lowest BCUT2D eigenvalue weighted by atomic mass is 10.2. The van der Waals surface area contributed by atoms with Crippen molar-refractivity contribution in [2.45, 2.75) is 20.4 Å². The van der Waals surface area contributed by atoms with E-state index in [-0.39, 0.29) is 5.91 Å². The highest BCUT2D eigenvalue weighted by atomic mass is 16.2. The van der Waals surface area contributed by atoms with Gasteiger partial charge in [-0.05, 0) is 26.0 Å². The zero-order chi connectivity index (χ0) is 15.4. The molecule has 0 unspecified atom stereocenters. The van der Waals surface area contributed by atoms with Crippen LogP contribution in [-0.4, -0.2) is 41.2 Å². The lowest BCUT2D eigenvalue weighted by Gasteiger charge is -2.11. The Morgan fingerprint density at radius 3 is 2.52 bits per heavy atom. The van der Waals surface area contributed by atoms with Crippen LogP contribution < -0.4 is 5.32 Å². The molecule has 21 heavy (non-hydrogen) atoms. The van der Waals surface area contributed by atoms with E-state index in [0.29, 0.717) is 13.1 Å². The van der Waals surface area contributed by atoms with Gasteiger partial charge in [-0.2, -0.15) is 5.10 Å². The summed E-state index contributed by atoms with van der Waals surface area (Å²) in [4.78, 5) is 13.2. The van der Waals surface area contributed by atoms with Crippen LogP contribution in [-0.2, 0) is 11.3 Å². The highest BCUT2D eigenvalue weighted by Gasteiger charge is 2.13. The molecular formula is C16H22N4O. The number of rotatable bonds is 5. The quantitative estimate of drug-likeness (QED) is 0.909. The number of carbonyl (C=O) groups excluding carboxylic acids is 1. The Bertz CT molecular complexity index is 617. The Hall–Kier alpha value is -2.14. The third-order valence-electron chi connectivity index (χ3n) is 3.52. The first-order valence-corrected chi connectivity index (χ1v) is 7.02. The predicted molar refractivity (Wildman–Crippen MR) is 83.4 cm³/mol. The highest BCUT2D eigenvalue weighted by molar-refractivity contribution is 5.77. The number of nitrogens with zero attached hydrogens (tertiary/aromatic N) is 3. The Labute approximate surface area is 125 Å². The number of para-hydroxylation sites is 1. The first-order chi connectivity index (χ1) is 10.0. The Kier molecular flexibility index (Phi) is 4.75. The topological polar surface area (TPSA) is 50.2 Å². The van der Waals surface area contributed by atoms with Gasteiger partial charge < -0.3 is 10.2 Å². The van der Waals surface area contributed by atoms with Crippen molar-refractivity contribution in [1.29, 1.82) is 0 Å². The number of hydrogen-bond acceptors (Lipinski definition) is 3. The molecule has 0 aliphatic rings. The average Bonchev–Trinajstić information content (AvgIpc) is 2.75. The lowest BCUT2D eigenvalue weighted by molar-refractivity contribution is -0.127. The molecular weight excluding hydrogens is 264 g/mol. The first-order valence-electron chi connectivity index (χ1n) is 7.02. The molecule has 0 atom stereocenters. The third-order valence-corrected chi connectivity index (χ3v) is 3.52. The van der Waals surface area contributed by atoms with E-state index in [9.17, 15) is 4.79 Å². The molecule has 0 bridgehead atoms. The number of aryl methyl sites for hydroxylation is 1. The Morgan fingerprint density at radius 2 is 1.90 bits per heavy atom. The number of nitrogens with one attached hydrogen (secondary N) is 1. The van der Waals surface area contributed by atoms with Crippen LogP contribution in [0.5, 0.6) is 0 Å². The fraction of sp³-hybridized carbons (Fsp3) is 0.375. The smallest absolute Gasteiger partial charge is 0.236 e. The molecule has 0 aliphatic heterocycles. The van der Waals surface area contributed by atoms with E-state index in [1.54, 1.807) is 19.0 Å². The molecule has 0 saturated carbocycles. The molecule has 2 rings (SSSR count). The van der Waals surface area contributed by atoms with Crippen molar-refractivity contribution in [3.8, 4) is 5.69 Å². The summed E-state index contributed by atoms with van der Waals surface area (Å²) in [5, 5.41) is 7.78. The second kappa shape index (κ2) is 6.54. The number of aromatic nitrogens is 2. The van der Waals surface area contributed by atoms with E-state index in [0.717, 1.165) is 22.6 Å². The molecule has 0 fully saturated rings. The molecule has 1 heterocycles. The number of carbonyl (C=O) groups is 1. The van der Waals surface area contributed by atoms with Gasteiger partial charge in [0.05, 0.1) is 17.9 Å². The molecule has 112 valence electrons. The van der Waals surface area contributed by atoms with Gasteiger partial charge in [0, 0.05) is 31.9 Å². The Morgan fingerprint density at radius 1 is 1.24 bits per heavy atom. The highest BCUT2D eigenvalue weighted by Crippen LogP contribution is 2.17. The summed E-state index contributed by atoms with van der Waals surface area (Å²) < 4.78 is 1.94. The molecule has 5 heteroatoms. The van der Waals surface area contributed by atoms with Gasteiger partial charge in [0.15, 0.2) is 0 Å². The summed E-state index contributed by atoms with van der Waals surface area (Å²) in [6.07, 6.45) is 0. The molecule has 1 amide bonds. The number of amides is 1. The van der Waals surface area contributed by atoms with Crippen LogP contribution in [0.3, 0.4) is 0 Å². The minimum Gasteiger partial charge on any atom is -0.348 e. The normalized spacial score (nSPS) is 10.7. The summed E-state index contributed by atoms with van der Waals surface area (Å²) in [6, 6.07) is 10.1. The van der Waals surface area contributed by atoms with Crippen molar-refractivity contribution in [1.82, 2.24) is 20.0 Å². The summed E-state index contributed by atoms with van der Waals surface area (Å²) in [5.74, 6) is 0.0701.